The molecule has 1 aromatic heterocycles. The lowest BCUT2D eigenvalue weighted by atomic mass is 10.1. The van der Waals surface area contributed by atoms with Gasteiger partial charge in [-0.05, 0) is 25.5 Å². The predicted octanol–water partition coefficient (Wildman–Crippen LogP) is 1.69. The molecule has 0 saturated heterocycles. The van der Waals surface area contributed by atoms with E-state index in [1.54, 1.807) is 25.3 Å². The number of thiazole rings is 1. The predicted molar refractivity (Wildman–Crippen MR) is 71.3 cm³/mol. The highest BCUT2D eigenvalue weighted by Gasteiger charge is 2.16. The van der Waals surface area contributed by atoms with Crippen LogP contribution in [0.2, 0.25) is 0 Å². The number of carbonyl (C=O) groups is 1. The average molecular weight is 269 g/mol. The molecular formula is C11H15N3O3S. The van der Waals surface area contributed by atoms with Crippen molar-refractivity contribution in [3.05, 3.63) is 16.6 Å². The van der Waals surface area contributed by atoms with E-state index in [0.717, 1.165) is 0 Å². The van der Waals surface area contributed by atoms with Crippen molar-refractivity contribution in [1.29, 1.82) is 0 Å². The van der Waals surface area contributed by atoms with Gasteiger partial charge in [0.15, 0.2) is 10.8 Å². The Balaban J connectivity index is 2.96. The molecule has 18 heavy (non-hydrogen) atoms. The number of hydrogen-bond acceptors (Lipinski definition) is 7. The molecule has 1 aromatic rings. The average Bonchev–Trinajstić information content (AvgIpc) is 2.71. The van der Waals surface area contributed by atoms with Gasteiger partial charge in [-0.15, -0.1) is 11.3 Å². The zero-order chi connectivity index (χ0) is 13.5. The Morgan fingerprint density at radius 2 is 2.39 bits per heavy atom. The molecule has 0 atom stereocenters. The molecule has 0 aliphatic heterocycles. The van der Waals surface area contributed by atoms with Crippen LogP contribution in [0, 0.1) is 0 Å². The monoisotopic (exact) mass is 269 g/mol. The standard InChI is InChI=1S/C11H15N3O3S/c1-4-17-10(15)9(14-16-3)7(2)5-8-6-18-11(12)13-8/h5-6H,4H2,1-3H3,(H2,12,13)/b7-5+,14-9-. The highest BCUT2D eigenvalue weighted by Crippen LogP contribution is 2.15. The van der Waals surface area contributed by atoms with Crippen LogP contribution in [0.15, 0.2) is 16.1 Å². The summed E-state index contributed by atoms with van der Waals surface area (Å²) in [7, 11) is 1.37. The summed E-state index contributed by atoms with van der Waals surface area (Å²) in [6.07, 6.45) is 1.70. The first-order chi connectivity index (χ1) is 8.58. The lowest BCUT2D eigenvalue weighted by Gasteiger charge is -2.04. The molecule has 1 heterocycles. The van der Waals surface area contributed by atoms with Gasteiger partial charge in [0.05, 0.1) is 12.3 Å². The summed E-state index contributed by atoms with van der Waals surface area (Å²) in [5.74, 6) is -0.531. The fraction of sp³-hybridized carbons (Fsp3) is 0.364. The summed E-state index contributed by atoms with van der Waals surface area (Å²) >= 11 is 1.32. The Bertz CT molecular complexity index is 480. The highest BCUT2D eigenvalue weighted by molar-refractivity contribution is 7.13. The molecule has 0 spiro atoms. The number of carbonyl (C=O) groups excluding carboxylic acids is 1. The van der Waals surface area contributed by atoms with Gasteiger partial charge in [-0.3, -0.25) is 0 Å². The maximum absolute atomic E-state index is 11.7. The van der Waals surface area contributed by atoms with Crippen LogP contribution in [-0.2, 0) is 14.4 Å². The number of anilines is 1. The van der Waals surface area contributed by atoms with Crippen molar-refractivity contribution < 1.29 is 14.4 Å². The molecule has 0 aliphatic rings. The molecule has 0 bridgehead atoms. The van der Waals surface area contributed by atoms with Crippen molar-refractivity contribution >= 4 is 34.2 Å². The third-order valence-electron chi connectivity index (χ3n) is 1.93. The number of nitrogens with two attached hydrogens (primary N) is 1. The second-order valence-corrected chi connectivity index (χ2v) is 4.17. The molecule has 2 N–H and O–H groups in total. The summed E-state index contributed by atoms with van der Waals surface area (Å²) in [6.45, 7) is 3.73. The third-order valence-corrected chi connectivity index (χ3v) is 2.62. The summed E-state index contributed by atoms with van der Waals surface area (Å²) in [6, 6.07) is 0. The van der Waals surface area contributed by atoms with Gasteiger partial charge in [-0.1, -0.05) is 5.16 Å². The van der Waals surface area contributed by atoms with E-state index in [9.17, 15) is 4.79 Å². The molecule has 0 saturated carbocycles. The van der Waals surface area contributed by atoms with Crippen LogP contribution in [-0.4, -0.2) is 30.4 Å². The van der Waals surface area contributed by atoms with E-state index < -0.39 is 5.97 Å². The molecule has 0 aromatic carbocycles. The largest absolute Gasteiger partial charge is 0.461 e. The second-order valence-electron chi connectivity index (χ2n) is 3.28. The Hall–Kier alpha value is -1.89. The van der Waals surface area contributed by atoms with Crippen LogP contribution in [0.3, 0.4) is 0 Å². The zero-order valence-electron chi connectivity index (χ0n) is 10.5. The van der Waals surface area contributed by atoms with E-state index in [1.807, 2.05) is 0 Å². The number of nitrogens with zero attached hydrogens (tertiary/aromatic N) is 2. The molecule has 0 aliphatic carbocycles. The number of nitrogen functional groups attached to an aromatic ring is 1. The fourth-order valence-corrected chi connectivity index (χ4v) is 1.74. The smallest absolute Gasteiger partial charge is 0.360 e. The minimum Gasteiger partial charge on any atom is -0.461 e. The van der Waals surface area contributed by atoms with Crippen LogP contribution in [0.1, 0.15) is 19.5 Å². The van der Waals surface area contributed by atoms with Crippen molar-refractivity contribution in [2.45, 2.75) is 13.8 Å². The fourth-order valence-electron chi connectivity index (χ4n) is 1.22. The summed E-state index contributed by atoms with van der Waals surface area (Å²) in [5, 5.41) is 5.92. The number of oxime groups is 1. The molecule has 98 valence electrons. The first-order valence-corrected chi connectivity index (χ1v) is 6.14. The second kappa shape index (κ2) is 6.75. The van der Waals surface area contributed by atoms with Crippen molar-refractivity contribution in [2.24, 2.45) is 5.16 Å². The van der Waals surface area contributed by atoms with Crippen LogP contribution in [0.5, 0.6) is 0 Å². The van der Waals surface area contributed by atoms with Crippen LogP contribution >= 0.6 is 11.3 Å². The molecule has 6 nitrogen and oxygen atoms in total. The van der Waals surface area contributed by atoms with E-state index in [1.165, 1.54) is 18.4 Å². The minimum atomic E-state index is -0.531. The van der Waals surface area contributed by atoms with Gasteiger partial charge in [0.25, 0.3) is 0 Å². The minimum absolute atomic E-state index is 0.117. The Kier molecular flexibility index (Phi) is 5.31. The summed E-state index contributed by atoms with van der Waals surface area (Å²) < 4.78 is 4.89. The number of hydrogen-bond donors (Lipinski definition) is 1. The van der Waals surface area contributed by atoms with Gasteiger partial charge >= 0.3 is 5.97 Å². The van der Waals surface area contributed by atoms with E-state index in [-0.39, 0.29) is 12.3 Å². The Morgan fingerprint density at radius 1 is 1.67 bits per heavy atom. The molecule has 7 heteroatoms. The van der Waals surface area contributed by atoms with Gasteiger partial charge < -0.3 is 15.3 Å². The number of aromatic nitrogens is 1. The van der Waals surface area contributed by atoms with Gasteiger partial charge in [-0.25, -0.2) is 9.78 Å². The van der Waals surface area contributed by atoms with Gasteiger partial charge in [0.2, 0.25) is 0 Å². The van der Waals surface area contributed by atoms with E-state index in [0.29, 0.717) is 16.4 Å². The van der Waals surface area contributed by atoms with Crippen LogP contribution in [0.4, 0.5) is 5.13 Å². The normalized spacial score (nSPS) is 12.4. The van der Waals surface area contributed by atoms with Gasteiger partial charge in [-0.2, -0.15) is 0 Å². The highest BCUT2D eigenvalue weighted by atomic mass is 32.1. The lowest BCUT2D eigenvalue weighted by molar-refractivity contribution is -0.135. The first-order valence-electron chi connectivity index (χ1n) is 5.26. The van der Waals surface area contributed by atoms with E-state index >= 15 is 0 Å². The maximum Gasteiger partial charge on any atom is 0.360 e. The van der Waals surface area contributed by atoms with Crippen molar-refractivity contribution in [3.63, 3.8) is 0 Å². The Labute approximate surface area is 109 Å². The Morgan fingerprint density at radius 3 is 2.89 bits per heavy atom. The first kappa shape index (κ1) is 14.2. The molecule has 0 radical (unpaired) electrons. The summed E-state index contributed by atoms with van der Waals surface area (Å²) in [4.78, 5) is 20.4. The zero-order valence-corrected chi connectivity index (χ0v) is 11.3. The van der Waals surface area contributed by atoms with E-state index in [2.05, 4.69) is 15.0 Å². The lowest BCUT2D eigenvalue weighted by Crippen LogP contribution is -2.19. The number of esters is 1. The quantitative estimate of drug-likeness (QED) is 0.499. The number of ether oxygens (including phenoxy) is 1. The van der Waals surface area contributed by atoms with E-state index in [4.69, 9.17) is 10.5 Å². The third kappa shape index (κ3) is 3.85. The summed E-state index contributed by atoms with van der Waals surface area (Å²) in [5.41, 5.74) is 6.91. The van der Waals surface area contributed by atoms with Gasteiger partial charge in [0, 0.05) is 5.38 Å². The molecular weight excluding hydrogens is 254 g/mol. The van der Waals surface area contributed by atoms with Gasteiger partial charge in [0.1, 0.15) is 7.11 Å². The molecule has 0 unspecified atom stereocenters. The molecule has 0 fully saturated rings. The van der Waals surface area contributed by atoms with Crippen molar-refractivity contribution in [1.82, 2.24) is 4.98 Å². The van der Waals surface area contributed by atoms with Crippen LogP contribution < -0.4 is 5.73 Å². The van der Waals surface area contributed by atoms with Crippen molar-refractivity contribution in [3.8, 4) is 0 Å². The number of rotatable bonds is 5. The maximum atomic E-state index is 11.7. The van der Waals surface area contributed by atoms with Crippen LogP contribution in [0.25, 0.3) is 6.08 Å². The topological polar surface area (TPSA) is 86.8 Å². The molecule has 0 amide bonds. The SMILES string of the molecule is CCOC(=O)C(=N\OC)/C(C)=C/c1csc(N)n1. The van der Waals surface area contributed by atoms with Crippen molar-refractivity contribution in [2.75, 3.05) is 19.5 Å². The molecule has 1 rings (SSSR count).